The van der Waals surface area contributed by atoms with Gasteiger partial charge in [-0.3, -0.25) is 14.4 Å². The van der Waals surface area contributed by atoms with Crippen LogP contribution in [0.3, 0.4) is 0 Å². The number of hydrogen-bond acceptors (Lipinski definition) is 6. The molecule has 0 rings (SSSR count). The molecule has 0 aromatic carbocycles. The fraction of sp³-hybridized carbons (Fsp3) is 0.755. The minimum absolute atomic E-state index is 0.0811. The Hall–Kier alpha value is -2.89. The standard InChI is InChI=1S/C53H92O6/c1-4-7-10-13-16-18-20-22-24-26-28-29-31-33-35-37-40-43-46-52(55)58-49-50(48-57-51(54)45-42-39-15-12-9-6-3)59-53(56)47-44-41-38-36-34-32-30-27-25-23-21-19-17-14-11-8-5-2/h8,11,17-20,23-26,50H,4-7,9-10,12-16,21-22,27-49H2,1-3H3/b11-8-,19-17-,20-18-,25-23-,26-24-. The monoisotopic (exact) mass is 825 g/mol. The Kier molecular flexibility index (Phi) is 45.4. The molecule has 0 saturated heterocycles. The molecule has 0 aliphatic heterocycles. The van der Waals surface area contributed by atoms with Crippen LogP contribution in [0.15, 0.2) is 60.8 Å². The molecule has 59 heavy (non-hydrogen) atoms. The third-order valence-electron chi connectivity index (χ3n) is 10.5. The summed E-state index contributed by atoms with van der Waals surface area (Å²) < 4.78 is 16.7. The van der Waals surface area contributed by atoms with Crippen molar-refractivity contribution in [3.05, 3.63) is 60.8 Å². The lowest BCUT2D eigenvalue weighted by atomic mass is 10.1. The zero-order valence-corrected chi connectivity index (χ0v) is 38.8. The lowest BCUT2D eigenvalue weighted by Crippen LogP contribution is -2.30. The average Bonchev–Trinajstić information content (AvgIpc) is 3.23. The fourth-order valence-electron chi connectivity index (χ4n) is 6.78. The number of carbonyl (C=O) groups is 3. The van der Waals surface area contributed by atoms with E-state index in [2.05, 4.69) is 81.5 Å². The van der Waals surface area contributed by atoms with Crippen LogP contribution in [0.1, 0.15) is 239 Å². The number of unbranched alkanes of at least 4 members (excludes halogenated alkanes) is 23. The van der Waals surface area contributed by atoms with Gasteiger partial charge in [0, 0.05) is 19.3 Å². The van der Waals surface area contributed by atoms with Gasteiger partial charge in [0.15, 0.2) is 6.10 Å². The van der Waals surface area contributed by atoms with Crippen LogP contribution in [0.5, 0.6) is 0 Å². The van der Waals surface area contributed by atoms with Gasteiger partial charge in [-0.05, 0) is 83.5 Å². The molecule has 0 spiro atoms. The van der Waals surface area contributed by atoms with Crippen LogP contribution < -0.4 is 0 Å². The lowest BCUT2D eigenvalue weighted by Gasteiger charge is -2.18. The molecule has 0 radical (unpaired) electrons. The summed E-state index contributed by atoms with van der Waals surface area (Å²) in [5, 5.41) is 0. The topological polar surface area (TPSA) is 78.9 Å². The quantitative estimate of drug-likeness (QED) is 0.0263. The van der Waals surface area contributed by atoms with Crippen LogP contribution in [0.4, 0.5) is 0 Å². The van der Waals surface area contributed by atoms with Gasteiger partial charge in [-0.25, -0.2) is 0 Å². The van der Waals surface area contributed by atoms with Crippen molar-refractivity contribution < 1.29 is 28.6 Å². The smallest absolute Gasteiger partial charge is 0.306 e. The Morgan fingerprint density at radius 1 is 0.356 bits per heavy atom. The summed E-state index contributed by atoms with van der Waals surface area (Å²) >= 11 is 0. The molecule has 0 fully saturated rings. The van der Waals surface area contributed by atoms with Crippen LogP contribution in [-0.2, 0) is 28.6 Å². The SMILES string of the molecule is CC/C=C\C/C=C\C/C=C\CCCCCCCCCC(=O)OC(COC(=O)CCCCCCCC)COC(=O)CCCCCCCCC/C=C\C/C=C\CCCCCC. The van der Waals surface area contributed by atoms with Crippen molar-refractivity contribution in [1.82, 2.24) is 0 Å². The van der Waals surface area contributed by atoms with Crippen LogP contribution in [0.25, 0.3) is 0 Å². The van der Waals surface area contributed by atoms with E-state index in [0.717, 1.165) is 96.3 Å². The highest BCUT2D eigenvalue weighted by atomic mass is 16.6. The van der Waals surface area contributed by atoms with Crippen LogP contribution in [0.2, 0.25) is 0 Å². The Morgan fingerprint density at radius 2 is 0.661 bits per heavy atom. The summed E-state index contributed by atoms with van der Waals surface area (Å²) in [4.78, 5) is 37.7. The van der Waals surface area contributed by atoms with Crippen molar-refractivity contribution in [2.75, 3.05) is 13.2 Å². The van der Waals surface area contributed by atoms with E-state index < -0.39 is 6.10 Å². The van der Waals surface area contributed by atoms with Crippen molar-refractivity contribution in [2.45, 2.75) is 245 Å². The number of esters is 3. The molecule has 0 saturated carbocycles. The molecule has 0 aliphatic carbocycles. The Labute approximate surface area is 364 Å². The largest absolute Gasteiger partial charge is 0.462 e. The summed E-state index contributed by atoms with van der Waals surface area (Å²) in [6.45, 7) is 6.44. The number of ether oxygens (including phenoxy) is 3. The van der Waals surface area contributed by atoms with Crippen molar-refractivity contribution in [1.29, 1.82) is 0 Å². The molecule has 0 aromatic heterocycles. The predicted molar refractivity (Wildman–Crippen MR) is 251 cm³/mol. The Balaban J connectivity index is 4.25. The minimum atomic E-state index is -0.778. The average molecular weight is 825 g/mol. The van der Waals surface area contributed by atoms with Gasteiger partial charge in [0.2, 0.25) is 0 Å². The van der Waals surface area contributed by atoms with Crippen molar-refractivity contribution in [3.63, 3.8) is 0 Å². The van der Waals surface area contributed by atoms with E-state index in [9.17, 15) is 14.4 Å². The van der Waals surface area contributed by atoms with Gasteiger partial charge < -0.3 is 14.2 Å². The number of carbonyl (C=O) groups excluding carboxylic acids is 3. The lowest BCUT2D eigenvalue weighted by molar-refractivity contribution is -0.167. The van der Waals surface area contributed by atoms with Crippen molar-refractivity contribution in [3.8, 4) is 0 Å². The maximum absolute atomic E-state index is 12.7. The molecular formula is C53H92O6. The van der Waals surface area contributed by atoms with Gasteiger partial charge in [-0.2, -0.15) is 0 Å². The highest BCUT2D eigenvalue weighted by molar-refractivity contribution is 5.71. The molecule has 1 atom stereocenters. The summed E-state index contributed by atoms with van der Waals surface area (Å²) in [6, 6.07) is 0. The maximum Gasteiger partial charge on any atom is 0.306 e. The Morgan fingerprint density at radius 3 is 1.05 bits per heavy atom. The highest BCUT2D eigenvalue weighted by Crippen LogP contribution is 2.14. The van der Waals surface area contributed by atoms with Crippen molar-refractivity contribution >= 4 is 17.9 Å². The van der Waals surface area contributed by atoms with E-state index in [-0.39, 0.29) is 31.1 Å². The third-order valence-corrected chi connectivity index (χ3v) is 10.5. The molecule has 6 nitrogen and oxygen atoms in total. The number of rotatable bonds is 44. The molecule has 340 valence electrons. The van der Waals surface area contributed by atoms with E-state index >= 15 is 0 Å². The van der Waals surface area contributed by atoms with Gasteiger partial charge >= 0.3 is 17.9 Å². The zero-order chi connectivity index (χ0) is 43.0. The molecular weight excluding hydrogens is 733 g/mol. The summed E-state index contributed by atoms with van der Waals surface area (Å²) in [7, 11) is 0. The summed E-state index contributed by atoms with van der Waals surface area (Å²) in [5.41, 5.74) is 0. The van der Waals surface area contributed by atoms with Crippen LogP contribution in [0, 0.1) is 0 Å². The molecule has 6 heteroatoms. The van der Waals surface area contributed by atoms with Gasteiger partial charge in [-0.1, -0.05) is 197 Å². The molecule has 0 heterocycles. The van der Waals surface area contributed by atoms with Gasteiger partial charge in [-0.15, -0.1) is 0 Å². The van der Waals surface area contributed by atoms with E-state index in [1.54, 1.807) is 0 Å². The molecule has 0 amide bonds. The van der Waals surface area contributed by atoms with Crippen molar-refractivity contribution in [2.24, 2.45) is 0 Å². The van der Waals surface area contributed by atoms with Gasteiger partial charge in [0.1, 0.15) is 13.2 Å². The molecule has 1 unspecified atom stereocenters. The van der Waals surface area contributed by atoms with Gasteiger partial charge in [0.05, 0.1) is 0 Å². The van der Waals surface area contributed by atoms with Crippen LogP contribution >= 0.6 is 0 Å². The third kappa shape index (κ3) is 46.0. The van der Waals surface area contributed by atoms with E-state index in [0.29, 0.717) is 19.3 Å². The fourth-order valence-corrected chi connectivity index (χ4v) is 6.78. The van der Waals surface area contributed by atoms with E-state index in [4.69, 9.17) is 14.2 Å². The first-order valence-electron chi connectivity index (χ1n) is 24.8. The van der Waals surface area contributed by atoms with E-state index in [1.807, 2.05) is 0 Å². The predicted octanol–water partition coefficient (Wildman–Crippen LogP) is 16.1. The second-order valence-electron chi connectivity index (χ2n) is 16.3. The second-order valence-corrected chi connectivity index (χ2v) is 16.3. The zero-order valence-electron chi connectivity index (χ0n) is 38.8. The first kappa shape index (κ1) is 56.1. The number of allylic oxidation sites excluding steroid dienone is 10. The van der Waals surface area contributed by atoms with E-state index in [1.165, 1.54) is 103 Å². The molecule has 0 aliphatic rings. The number of hydrogen-bond donors (Lipinski definition) is 0. The Bertz CT molecular complexity index is 1090. The summed E-state index contributed by atoms with van der Waals surface area (Å²) in [5.74, 6) is -0.907. The minimum Gasteiger partial charge on any atom is -0.462 e. The first-order valence-corrected chi connectivity index (χ1v) is 24.8. The molecule has 0 N–H and O–H groups in total. The second kappa shape index (κ2) is 47.8. The molecule has 0 aromatic rings. The first-order chi connectivity index (χ1) is 29.0. The summed E-state index contributed by atoms with van der Waals surface area (Å²) in [6.07, 6.45) is 57.9. The normalized spacial score (nSPS) is 12.5. The highest BCUT2D eigenvalue weighted by Gasteiger charge is 2.19. The van der Waals surface area contributed by atoms with Gasteiger partial charge in [0.25, 0.3) is 0 Å². The molecule has 0 bridgehead atoms. The van der Waals surface area contributed by atoms with Crippen LogP contribution in [-0.4, -0.2) is 37.2 Å². The maximum atomic E-state index is 12.7.